The Morgan fingerprint density at radius 3 is 2.50 bits per heavy atom. The number of azo groups is 1. The van der Waals surface area contributed by atoms with Crippen LogP contribution in [0.5, 0.6) is 5.88 Å². The summed E-state index contributed by atoms with van der Waals surface area (Å²) in [7, 11) is 0. The molecule has 6 nitrogen and oxygen atoms in total. The zero-order valence-electron chi connectivity index (χ0n) is 11.7. The Labute approximate surface area is 126 Å². The highest BCUT2D eigenvalue weighted by molar-refractivity contribution is 5.95. The Bertz CT molecular complexity index is 853. The second-order valence-electron chi connectivity index (χ2n) is 4.80. The van der Waals surface area contributed by atoms with E-state index in [-0.39, 0.29) is 11.6 Å². The maximum atomic E-state index is 10.8. The number of carbonyl (C=O) groups excluding carboxylic acids is 1. The van der Waals surface area contributed by atoms with Crippen molar-refractivity contribution in [1.82, 2.24) is 4.57 Å². The number of primary amides is 1. The van der Waals surface area contributed by atoms with E-state index in [0.717, 1.165) is 11.1 Å². The summed E-state index contributed by atoms with van der Waals surface area (Å²) in [6.45, 7) is 0.485. The third kappa shape index (κ3) is 2.54. The lowest BCUT2D eigenvalue weighted by Crippen LogP contribution is -2.01. The summed E-state index contributed by atoms with van der Waals surface area (Å²) in [5, 5.41) is 18.2. The van der Waals surface area contributed by atoms with E-state index in [0.29, 0.717) is 11.9 Å². The highest BCUT2D eigenvalue weighted by atomic mass is 16.3. The number of para-hydroxylation sites is 1. The largest absolute Gasteiger partial charge is 0.493 e. The first-order valence-corrected chi connectivity index (χ1v) is 6.72. The number of aromatic nitrogens is 1. The minimum atomic E-state index is -0.903. The monoisotopic (exact) mass is 294 g/mol. The molecule has 1 aromatic heterocycles. The number of nitrogens with zero attached hydrogens (tertiary/aromatic N) is 3. The molecule has 1 heterocycles. The quantitative estimate of drug-likeness (QED) is 0.723. The first-order chi connectivity index (χ1) is 10.7. The van der Waals surface area contributed by atoms with Gasteiger partial charge in [0.15, 0.2) is 5.69 Å². The summed E-state index contributed by atoms with van der Waals surface area (Å²) < 4.78 is 1.72. The van der Waals surface area contributed by atoms with E-state index in [1.54, 1.807) is 4.57 Å². The SMILES string of the molecule is NC(=O)N=Nc1c(O)n(Cc2ccccc2)c2ccccc12. The smallest absolute Gasteiger partial charge is 0.356 e. The molecule has 3 N–H and O–H groups in total. The Kier molecular flexibility index (Phi) is 3.57. The zero-order valence-corrected chi connectivity index (χ0v) is 11.7. The van der Waals surface area contributed by atoms with Crippen molar-refractivity contribution in [2.45, 2.75) is 6.54 Å². The number of fused-ring (bicyclic) bond motifs is 1. The number of benzene rings is 2. The maximum Gasteiger partial charge on any atom is 0.356 e. The Balaban J connectivity index is 2.14. The van der Waals surface area contributed by atoms with Crippen molar-refractivity contribution in [1.29, 1.82) is 0 Å². The molecule has 3 aromatic rings. The molecule has 0 bridgehead atoms. The molecule has 2 amide bonds. The van der Waals surface area contributed by atoms with E-state index >= 15 is 0 Å². The Morgan fingerprint density at radius 2 is 1.77 bits per heavy atom. The van der Waals surface area contributed by atoms with Gasteiger partial charge >= 0.3 is 6.03 Å². The summed E-state index contributed by atoms with van der Waals surface area (Å²) in [5.74, 6) is -0.0462. The average molecular weight is 294 g/mol. The standard InChI is InChI=1S/C16H14N4O2/c17-16(22)19-18-14-12-8-4-5-9-13(12)20(15(14)21)10-11-6-2-1-3-7-11/h1-9,21H,10H2,(H2,17,22). The van der Waals surface area contributed by atoms with E-state index < -0.39 is 6.03 Å². The Morgan fingerprint density at radius 1 is 1.09 bits per heavy atom. The number of hydrogen-bond acceptors (Lipinski definition) is 3. The van der Waals surface area contributed by atoms with E-state index in [1.165, 1.54) is 0 Å². The lowest BCUT2D eigenvalue weighted by molar-refractivity contribution is 0.255. The number of aromatic hydroxyl groups is 1. The fourth-order valence-electron chi connectivity index (χ4n) is 2.40. The highest BCUT2D eigenvalue weighted by Gasteiger charge is 2.16. The van der Waals surface area contributed by atoms with Crippen LogP contribution in [0.3, 0.4) is 0 Å². The van der Waals surface area contributed by atoms with Gasteiger partial charge in [-0.1, -0.05) is 53.6 Å². The van der Waals surface area contributed by atoms with Crippen molar-refractivity contribution < 1.29 is 9.90 Å². The normalized spacial score (nSPS) is 11.3. The van der Waals surface area contributed by atoms with Crippen molar-refractivity contribution in [2.75, 3.05) is 0 Å². The molecule has 110 valence electrons. The molecule has 22 heavy (non-hydrogen) atoms. The summed E-state index contributed by atoms with van der Waals surface area (Å²) >= 11 is 0. The van der Waals surface area contributed by atoms with Crippen molar-refractivity contribution in [2.24, 2.45) is 16.0 Å². The predicted octanol–water partition coefficient (Wildman–Crippen LogP) is 3.56. The molecule has 0 saturated heterocycles. The van der Waals surface area contributed by atoms with Crippen molar-refractivity contribution in [3.63, 3.8) is 0 Å². The molecule has 0 saturated carbocycles. The molecular weight excluding hydrogens is 280 g/mol. The summed E-state index contributed by atoms with van der Waals surface area (Å²) in [4.78, 5) is 10.8. The number of hydrogen-bond donors (Lipinski definition) is 2. The van der Waals surface area contributed by atoms with Gasteiger partial charge in [0.1, 0.15) is 0 Å². The van der Waals surface area contributed by atoms with Crippen molar-refractivity contribution >= 4 is 22.6 Å². The van der Waals surface area contributed by atoms with Crippen LogP contribution in [0.1, 0.15) is 5.56 Å². The van der Waals surface area contributed by atoms with Crippen LogP contribution in [0.15, 0.2) is 64.8 Å². The van der Waals surface area contributed by atoms with Gasteiger partial charge in [0.25, 0.3) is 0 Å². The number of urea groups is 1. The van der Waals surface area contributed by atoms with Gasteiger partial charge in [-0.25, -0.2) is 4.79 Å². The minimum absolute atomic E-state index is 0.0462. The van der Waals surface area contributed by atoms with Crippen LogP contribution < -0.4 is 5.73 Å². The Hall–Kier alpha value is -3.15. The molecule has 0 fully saturated rings. The minimum Gasteiger partial charge on any atom is -0.493 e. The van der Waals surface area contributed by atoms with Crippen molar-refractivity contribution in [3.8, 4) is 5.88 Å². The van der Waals surface area contributed by atoms with Crippen LogP contribution in [0.4, 0.5) is 10.5 Å². The zero-order chi connectivity index (χ0) is 15.5. The predicted molar refractivity (Wildman–Crippen MR) is 83.2 cm³/mol. The summed E-state index contributed by atoms with van der Waals surface area (Å²) in [6, 6.07) is 16.2. The van der Waals surface area contributed by atoms with Crippen LogP contribution in [-0.4, -0.2) is 15.7 Å². The molecule has 0 aliphatic carbocycles. The van der Waals surface area contributed by atoms with Crippen LogP contribution in [-0.2, 0) is 6.54 Å². The lowest BCUT2D eigenvalue weighted by atomic mass is 10.2. The number of carbonyl (C=O) groups is 1. The van der Waals surface area contributed by atoms with Gasteiger partial charge in [-0.2, -0.15) is 0 Å². The van der Waals surface area contributed by atoms with E-state index in [4.69, 9.17) is 5.73 Å². The molecule has 0 unspecified atom stereocenters. The first-order valence-electron chi connectivity index (χ1n) is 6.72. The van der Waals surface area contributed by atoms with E-state index in [9.17, 15) is 9.90 Å². The molecule has 0 atom stereocenters. The van der Waals surface area contributed by atoms with Gasteiger partial charge in [-0.15, -0.1) is 5.11 Å². The van der Waals surface area contributed by atoms with Gasteiger partial charge < -0.3 is 15.4 Å². The van der Waals surface area contributed by atoms with Gasteiger partial charge in [-0.3, -0.25) is 0 Å². The first kappa shape index (κ1) is 13.8. The average Bonchev–Trinajstić information content (AvgIpc) is 2.79. The second-order valence-corrected chi connectivity index (χ2v) is 4.80. The highest BCUT2D eigenvalue weighted by Crippen LogP contribution is 2.39. The molecule has 0 aliphatic rings. The van der Waals surface area contributed by atoms with E-state index in [2.05, 4.69) is 10.2 Å². The summed E-state index contributed by atoms with van der Waals surface area (Å²) in [5.41, 5.74) is 7.06. The third-order valence-corrected chi connectivity index (χ3v) is 3.35. The topological polar surface area (TPSA) is 93.0 Å². The van der Waals surface area contributed by atoms with Gasteiger partial charge in [-0.05, 0) is 11.6 Å². The fourth-order valence-corrected chi connectivity index (χ4v) is 2.40. The summed E-state index contributed by atoms with van der Waals surface area (Å²) in [6.07, 6.45) is 0. The van der Waals surface area contributed by atoms with Crippen molar-refractivity contribution in [3.05, 3.63) is 60.2 Å². The maximum absolute atomic E-state index is 10.8. The molecule has 2 aromatic carbocycles. The van der Waals surface area contributed by atoms with Crippen LogP contribution in [0.25, 0.3) is 10.9 Å². The third-order valence-electron chi connectivity index (χ3n) is 3.35. The van der Waals surface area contributed by atoms with Gasteiger partial charge in [0.05, 0.1) is 12.1 Å². The molecule has 6 heteroatoms. The van der Waals surface area contributed by atoms with Gasteiger partial charge in [0, 0.05) is 5.39 Å². The lowest BCUT2D eigenvalue weighted by Gasteiger charge is -2.06. The van der Waals surface area contributed by atoms with E-state index in [1.807, 2.05) is 54.6 Å². The molecule has 0 aliphatic heterocycles. The van der Waals surface area contributed by atoms with Crippen LogP contribution in [0, 0.1) is 0 Å². The number of amides is 2. The number of nitrogens with two attached hydrogens (primary N) is 1. The van der Waals surface area contributed by atoms with Crippen LogP contribution >= 0.6 is 0 Å². The molecular formula is C16H14N4O2. The number of rotatable bonds is 3. The molecule has 3 rings (SSSR count). The fraction of sp³-hybridized carbons (Fsp3) is 0.0625. The second kappa shape index (κ2) is 5.69. The molecule has 0 radical (unpaired) electrons. The molecule has 0 spiro atoms. The van der Waals surface area contributed by atoms with Crippen LogP contribution in [0.2, 0.25) is 0 Å². The van der Waals surface area contributed by atoms with Gasteiger partial charge in [0.2, 0.25) is 5.88 Å².